The Morgan fingerprint density at radius 2 is 2.12 bits per heavy atom. The molecule has 2 heterocycles. The summed E-state index contributed by atoms with van der Waals surface area (Å²) < 4.78 is 18.2. The first-order valence-electron chi connectivity index (χ1n) is 7.20. The van der Waals surface area contributed by atoms with Gasteiger partial charge in [-0.15, -0.1) is 0 Å². The molecule has 8 nitrogen and oxygen atoms in total. The minimum absolute atomic E-state index is 0.131. The van der Waals surface area contributed by atoms with Crippen molar-refractivity contribution in [2.45, 2.75) is 0 Å². The van der Waals surface area contributed by atoms with Crippen LogP contribution in [0, 0.1) is 27.3 Å². The number of hydrogen-bond donors (Lipinski definition) is 1. The quantitative estimate of drug-likeness (QED) is 0.668. The highest BCUT2D eigenvalue weighted by molar-refractivity contribution is 5.69. The van der Waals surface area contributed by atoms with Gasteiger partial charge in [-0.3, -0.25) is 10.1 Å². The van der Waals surface area contributed by atoms with Crippen molar-refractivity contribution in [2.24, 2.45) is 0 Å². The fraction of sp³-hybridized carbons (Fsp3) is 0.125. The Hall–Kier alpha value is -3.67. The van der Waals surface area contributed by atoms with Gasteiger partial charge < -0.3 is 14.6 Å². The number of hydrogen-bond acceptors (Lipinski definition) is 7. The lowest BCUT2D eigenvalue weighted by Gasteiger charge is -2.18. The van der Waals surface area contributed by atoms with E-state index in [1.807, 2.05) is 0 Å². The average Bonchev–Trinajstić information content (AvgIpc) is 3.02. The third-order valence-electron chi connectivity index (χ3n) is 3.62. The fourth-order valence-corrected chi connectivity index (χ4v) is 2.53. The molecule has 0 atom stereocenters. The highest BCUT2D eigenvalue weighted by Crippen LogP contribution is 2.28. The molecule has 1 aliphatic rings. The second-order valence-corrected chi connectivity index (χ2v) is 5.16. The summed E-state index contributed by atoms with van der Waals surface area (Å²) >= 11 is 0. The van der Waals surface area contributed by atoms with Crippen LogP contribution in [0.5, 0.6) is 0 Å². The molecule has 0 radical (unpaired) electrons. The van der Waals surface area contributed by atoms with E-state index in [1.165, 1.54) is 35.2 Å². The van der Waals surface area contributed by atoms with Crippen LogP contribution in [0.2, 0.25) is 0 Å². The number of nitrogens with one attached hydrogen (secondary N) is 1. The van der Waals surface area contributed by atoms with Crippen molar-refractivity contribution in [3.05, 3.63) is 74.3 Å². The third-order valence-corrected chi connectivity index (χ3v) is 3.62. The first-order chi connectivity index (χ1) is 12.0. The Kier molecular flexibility index (Phi) is 4.18. The smallest absolute Gasteiger partial charge is 0.356 e. The molecule has 1 fully saturated rings. The zero-order valence-corrected chi connectivity index (χ0v) is 12.7. The molecule has 0 bridgehead atoms. The molecule has 0 aliphatic carbocycles. The predicted octanol–water partition coefficient (Wildman–Crippen LogP) is 1.80. The van der Waals surface area contributed by atoms with E-state index in [-0.39, 0.29) is 22.8 Å². The van der Waals surface area contributed by atoms with Crippen molar-refractivity contribution < 1.29 is 13.7 Å². The molecule has 9 heteroatoms. The molecular weight excluding hydrogens is 331 g/mol. The molecule has 25 heavy (non-hydrogen) atoms. The van der Waals surface area contributed by atoms with Crippen LogP contribution in [0.15, 0.2) is 51.6 Å². The minimum Gasteiger partial charge on any atom is -0.422 e. The van der Waals surface area contributed by atoms with Crippen LogP contribution in [0.3, 0.4) is 0 Å². The van der Waals surface area contributed by atoms with Crippen LogP contribution in [-0.2, 0) is 0 Å². The summed E-state index contributed by atoms with van der Waals surface area (Å²) in [7, 11) is 0. The molecule has 1 aromatic heterocycles. The van der Waals surface area contributed by atoms with Crippen LogP contribution in [0.25, 0.3) is 11.3 Å². The topological polar surface area (TPSA) is 112 Å². The summed E-state index contributed by atoms with van der Waals surface area (Å²) in [6.07, 6.45) is 0.764. The van der Waals surface area contributed by atoms with Gasteiger partial charge in [0.15, 0.2) is 11.4 Å². The standard InChI is InChI=1S/C16H11FN4O4/c17-11-3-1-10(2-4-11)14-7-13(12(8-18)16(22)25-14)20-6-5-19-15(20)9-21(23)24/h1-4,7,9,19H,5-6H2/b15-9+. The summed E-state index contributed by atoms with van der Waals surface area (Å²) in [5.41, 5.74) is -0.497. The highest BCUT2D eigenvalue weighted by Gasteiger charge is 2.26. The van der Waals surface area contributed by atoms with Crippen molar-refractivity contribution in [3.63, 3.8) is 0 Å². The monoisotopic (exact) mass is 342 g/mol. The zero-order valence-electron chi connectivity index (χ0n) is 12.7. The van der Waals surface area contributed by atoms with Gasteiger partial charge in [-0.1, -0.05) is 0 Å². The normalized spacial score (nSPS) is 15.0. The van der Waals surface area contributed by atoms with E-state index in [2.05, 4.69) is 5.32 Å². The van der Waals surface area contributed by atoms with Gasteiger partial charge >= 0.3 is 5.63 Å². The van der Waals surface area contributed by atoms with Crippen LogP contribution >= 0.6 is 0 Å². The van der Waals surface area contributed by atoms with Gasteiger partial charge in [0.2, 0.25) is 0 Å². The maximum Gasteiger partial charge on any atom is 0.356 e. The molecule has 1 aliphatic heterocycles. The number of nitriles is 1. The maximum absolute atomic E-state index is 13.1. The van der Waals surface area contributed by atoms with Gasteiger partial charge in [0, 0.05) is 24.7 Å². The van der Waals surface area contributed by atoms with Gasteiger partial charge in [-0.05, 0) is 24.3 Å². The summed E-state index contributed by atoms with van der Waals surface area (Å²) in [6, 6.07) is 8.49. The van der Waals surface area contributed by atoms with Crippen LogP contribution in [0.1, 0.15) is 5.56 Å². The molecule has 0 spiro atoms. The van der Waals surface area contributed by atoms with E-state index in [4.69, 9.17) is 4.42 Å². The SMILES string of the molecule is N#Cc1c(N2CCN/C2=C\[N+](=O)[O-])cc(-c2ccc(F)cc2)oc1=O. The molecule has 2 aromatic rings. The van der Waals surface area contributed by atoms with Crippen molar-refractivity contribution >= 4 is 5.69 Å². The van der Waals surface area contributed by atoms with E-state index in [9.17, 15) is 24.6 Å². The Bertz CT molecular complexity index is 960. The second-order valence-electron chi connectivity index (χ2n) is 5.16. The minimum atomic E-state index is -0.869. The fourth-order valence-electron chi connectivity index (χ4n) is 2.53. The third kappa shape index (κ3) is 3.18. The Morgan fingerprint density at radius 3 is 2.76 bits per heavy atom. The summed E-state index contributed by atoms with van der Waals surface area (Å²) in [5.74, 6) is -0.150. The number of benzene rings is 1. The van der Waals surface area contributed by atoms with Gasteiger partial charge in [0.25, 0.3) is 6.20 Å². The molecule has 1 N–H and O–H groups in total. The molecular formula is C16H11FN4O4. The summed E-state index contributed by atoms with van der Waals surface area (Å²) in [4.78, 5) is 23.7. The van der Waals surface area contributed by atoms with Crippen LogP contribution < -0.4 is 15.8 Å². The van der Waals surface area contributed by atoms with Crippen molar-refractivity contribution in [3.8, 4) is 17.4 Å². The first kappa shape index (κ1) is 16.2. The summed E-state index contributed by atoms with van der Waals surface area (Å²) in [5, 5.41) is 22.8. The number of rotatable bonds is 3. The molecule has 0 saturated carbocycles. The zero-order chi connectivity index (χ0) is 18.0. The Labute approximate surface area is 140 Å². The molecule has 126 valence electrons. The van der Waals surface area contributed by atoms with E-state index >= 15 is 0 Å². The Morgan fingerprint density at radius 1 is 1.40 bits per heavy atom. The number of nitrogens with zero attached hydrogens (tertiary/aromatic N) is 3. The number of halogens is 1. The second kappa shape index (κ2) is 6.45. The van der Waals surface area contributed by atoms with Crippen molar-refractivity contribution in [2.75, 3.05) is 18.0 Å². The summed E-state index contributed by atoms with van der Waals surface area (Å²) in [6.45, 7) is 0.747. The Balaban J connectivity index is 2.15. The average molecular weight is 342 g/mol. The van der Waals surface area contributed by atoms with E-state index in [0.717, 1.165) is 6.20 Å². The van der Waals surface area contributed by atoms with Gasteiger partial charge in [-0.2, -0.15) is 5.26 Å². The van der Waals surface area contributed by atoms with E-state index in [1.54, 1.807) is 6.07 Å². The lowest BCUT2D eigenvalue weighted by atomic mass is 10.1. The van der Waals surface area contributed by atoms with Gasteiger partial charge in [0.1, 0.15) is 17.6 Å². The highest BCUT2D eigenvalue weighted by atomic mass is 19.1. The molecule has 1 aromatic carbocycles. The largest absolute Gasteiger partial charge is 0.422 e. The lowest BCUT2D eigenvalue weighted by molar-refractivity contribution is -0.403. The number of nitro groups is 1. The predicted molar refractivity (Wildman–Crippen MR) is 85.5 cm³/mol. The van der Waals surface area contributed by atoms with Crippen molar-refractivity contribution in [1.82, 2.24) is 5.32 Å². The first-order valence-corrected chi connectivity index (χ1v) is 7.20. The molecule has 0 unspecified atom stereocenters. The molecule has 3 rings (SSSR count). The number of anilines is 1. The van der Waals surface area contributed by atoms with Crippen LogP contribution in [-0.4, -0.2) is 18.0 Å². The lowest BCUT2D eigenvalue weighted by Crippen LogP contribution is -2.23. The van der Waals surface area contributed by atoms with Gasteiger partial charge in [-0.25, -0.2) is 9.18 Å². The maximum atomic E-state index is 13.1. The van der Waals surface area contributed by atoms with E-state index < -0.39 is 16.4 Å². The molecule has 1 saturated heterocycles. The molecule has 0 amide bonds. The van der Waals surface area contributed by atoms with Crippen LogP contribution in [0.4, 0.5) is 10.1 Å². The van der Waals surface area contributed by atoms with E-state index in [0.29, 0.717) is 18.7 Å². The van der Waals surface area contributed by atoms with Gasteiger partial charge in [0.05, 0.1) is 10.6 Å². The van der Waals surface area contributed by atoms with Crippen molar-refractivity contribution in [1.29, 1.82) is 5.26 Å².